The number of amides is 2. The van der Waals surface area contributed by atoms with E-state index in [0.717, 1.165) is 17.3 Å². The van der Waals surface area contributed by atoms with Crippen molar-refractivity contribution < 1.29 is 14.3 Å². The van der Waals surface area contributed by atoms with E-state index in [-0.39, 0.29) is 31.0 Å². The third-order valence-electron chi connectivity index (χ3n) is 4.28. The molecule has 3 rings (SSSR count). The maximum absolute atomic E-state index is 12.4. The van der Waals surface area contributed by atoms with Crippen LogP contribution in [-0.4, -0.2) is 31.0 Å². The van der Waals surface area contributed by atoms with E-state index < -0.39 is 0 Å². The second kappa shape index (κ2) is 8.36. The van der Waals surface area contributed by atoms with Gasteiger partial charge in [0.1, 0.15) is 12.3 Å². The van der Waals surface area contributed by atoms with Crippen LogP contribution in [-0.2, 0) is 16.0 Å². The Morgan fingerprint density at radius 3 is 2.81 bits per heavy atom. The molecule has 0 aromatic heterocycles. The Kier molecular flexibility index (Phi) is 5.93. The molecule has 0 saturated carbocycles. The van der Waals surface area contributed by atoms with Gasteiger partial charge in [-0.3, -0.25) is 14.5 Å². The highest BCUT2D eigenvalue weighted by Gasteiger charge is 2.27. The lowest BCUT2D eigenvalue weighted by molar-refractivity contribution is -0.125. The normalized spacial score (nSPS) is 14.4. The molecule has 2 aromatic rings. The maximum atomic E-state index is 12.4. The summed E-state index contributed by atoms with van der Waals surface area (Å²) in [6, 6.07) is 15.6. The molecule has 0 bridgehead atoms. The second-order valence-electron chi connectivity index (χ2n) is 6.37. The van der Waals surface area contributed by atoms with E-state index in [1.165, 1.54) is 10.5 Å². The fourth-order valence-electron chi connectivity index (χ4n) is 2.92. The van der Waals surface area contributed by atoms with Crippen molar-refractivity contribution in [3.63, 3.8) is 0 Å². The lowest BCUT2D eigenvalue weighted by Gasteiger charge is -2.29. The zero-order chi connectivity index (χ0) is 18.5. The summed E-state index contributed by atoms with van der Waals surface area (Å²) >= 11 is 3.38. The summed E-state index contributed by atoms with van der Waals surface area (Å²) in [5.41, 5.74) is 1.87. The summed E-state index contributed by atoms with van der Waals surface area (Å²) in [5.74, 6) is 0.213. The van der Waals surface area contributed by atoms with E-state index in [0.29, 0.717) is 11.4 Å². The Morgan fingerprint density at radius 2 is 2.04 bits per heavy atom. The fourth-order valence-corrected chi connectivity index (χ4v) is 3.26. The molecule has 0 saturated heterocycles. The topological polar surface area (TPSA) is 58.6 Å². The van der Waals surface area contributed by atoms with E-state index in [4.69, 9.17) is 4.74 Å². The molecule has 1 aliphatic heterocycles. The average molecular weight is 417 g/mol. The number of anilines is 1. The molecule has 26 heavy (non-hydrogen) atoms. The Bertz CT molecular complexity index is 795. The minimum absolute atomic E-state index is 0.00744. The minimum Gasteiger partial charge on any atom is -0.482 e. The smallest absolute Gasteiger partial charge is 0.265 e. The first-order valence-corrected chi connectivity index (χ1v) is 9.38. The van der Waals surface area contributed by atoms with Crippen molar-refractivity contribution in [1.82, 2.24) is 5.32 Å². The number of ether oxygens (including phenoxy) is 1. The van der Waals surface area contributed by atoms with Crippen molar-refractivity contribution in [1.29, 1.82) is 0 Å². The van der Waals surface area contributed by atoms with Crippen LogP contribution in [0.15, 0.2) is 53.0 Å². The van der Waals surface area contributed by atoms with Crippen LogP contribution in [0.1, 0.15) is 18.9 Å². The summed E-state index contributed by atoms with van der Waals surface area (Å²) in [7, 11) is 0. The molecule has 2 amide bonds. The number of fused-ring (bicyclic) bond motifs is 1. The van der Waals surface area contributed by atoms with Gasteiger partial charge >= 0.3 is 0 Å². The van der Waals surface area contributed by atoms with Crippen LogP contribution < -0.4 is 15.0 Å². The Hall–Kier alpha value is -2.34. The molecule has 1 atom stereocenters. The third kappa shape index (κ3) is 4.64. The molecule has 5 nitrogen and oxygen atoms in total. The van der Waals surface area contributed by atoms with Crippen LogP contribution in [0.2, 0.25) is 0 Å². The largest absolute Gasteiger partial charge is 0.482 e. The first-order chi connectivity index (χ1) is 12.5. The summed E-state index contributed by atoms with van der Waals surface area (Å²) in [6.45, 7) is 1.92. The van der Waals surface area contributed by atoms with Crippen molar-refractivity contribution >= 4 is 33.4 Å². The molecule has 0 aliphatic carbocycles. The molecule has 136 valence electrons. The van der Waals surface area contributed by atoms with Gasteiger partial charge in [0.25, 0.3) is 5.91 Å². The van der Waals surface area contributed by atoms with Gasteiger partial charge in [0, 0.05) is 10.5 Å². The number of nitrogens with zero attached hydrogens (tertiary/aromatic N) is 1. The summed E-state index contributed by atoms with van der Waals surface area (Å²) in [6.07, 6.45) is 1.74. The van der Waals surface area contributed by atoms with Gasteiger partial charge in [-0.15, -0.1) is 0 Å². The van der Waals surface area contributed by atoms with Gasteiger partial charge in [0.05, 0.1) is 5.69 Å². The predicted octanol–water partition coefficient (Wildman–Crippen LogP) is 3.31. The molecule has 0 spiro atoms. The van der Waals surface area contributed by atoms with E-state index in [1.807, 2.05) is 31.2 Å². The van der Waals surface area contributed by atoms with Crippen LogP contribution in [0.4, 0.5) is 5.69 Å². The molecular formula is C20H21BrN2O3. The number of aryl methyl sites for hydroxylation is 1. The summed E-state index contributed by atoms with van der Waals surface area (Å²) in [4.78, 5) is 26.1. The number of hydrogen-bond donors (Lipinski definition) is 1. The van der Waals surface area contributed by atoms with Crippen LogP contribution >= 0.6 is 15.9 Å². The van der Waals surface area contributed by atoms with Gasteiger partial charge in [-0.1, -0.05) is 46.3 Å². The predicted molar refractivity (Wildman–Crippen MR) is 104 cm³/mol. The summed E-state index contributed by atoms with van der Waals surface area (Å²) < 4.78 is 6.31. The highest BCUT2D eigenvalue weighted by Crippen LogP contribution is 2.34. The van der Waals surface area contributed by atoms with Crippen LogP contribution in [0.25, 0.3) is 0 Å². The molecule has 1 heterocycles. The maximum Gasteiger partial charge on any atom is 0.265 e. The van der Waals surface area contributed by atoms with Crippen LogP contribution in [0, 0.1) is 0 Å². The Labute approximate surface area is 161 Å². The van der Waals surface area contributed by atoms with E-state index in [1.54, 1.807) is 12.1 Å². The number of hydrogen-bond acceptors (Lipinski definition) is 3. The van der Waals surface area contributed by atoms with Crippen molar-refractivity contribution in [3.05, 3.63) is 58.6 Å². The molecule has 2 aromatic carbocycles. The zero-order valence-electron chi connectivity index (χ0n) is 14.6. The number of benzene rings is 2. The summed E-state index contributed by atoms with van der Waals surface area (Å²) in [5, 5.41) is 2.98. The Morgan fingerprint density at radius 1 is 1.27 bits per heavy atom. The van der Waals surface area contributed by atoms with Crippen molar-refractivity contribution in [3.8, 4) is 5.75 Å². The van der Waals surface area contributed by atoms with Crippen LogP contribution in [0.3, 0.4) is 0 Å². The van der Waals surface area contributed by atoms with Gasteiger partial charge in [0.2, 0.25) is 5.91 Å². The second-order valence-corrected chi connectivity index (χ2v) is 7.29. The lowest BCUT2D eigenvalue weighted by Crippen LogP contribution is -2.46. The standard InChI is InChI=1S/C20H21BrN2O3/c1-14(7-8-15-5-3-2-4-6-15)22-19(24)12-23-17-10-9-16(21)11-18(17)26-13-20(23)25/h2-6,9-11,14H,7-8,12-13H2,1H3,(H,22,24)/t14-/m0/s1. The minimum atomic E-state index is -0.216. The SMILES string of the molecule is C[C@@H](CCc1ccccc1)NC(=O)CN1C(=O)COc2cc(Br)ccc21. The molecule has 0 radical (unpaired) electrons. The quantitative estimate of drug-likeness (QED) is 0.785. The van der Waals surface area contributed by atoms with E-state index >= 15 is 0 Å². The molecule has 0 fully saturated rings. The van der Waals surface area contributed by atoms with E-state index in [9.17, 15) is 9.59 Å². The average Bonchev–Trinajstić information content (AvgIpc) is 2.63. The Balaban J connectivity index is 1.57. The first-order valence-electron chi connectivity index (χ1n) is 8.59. The van der Waals surface area contributed by atoms with Crippen LogP contribution in [0.5, 0.6) is 5.75 Å². The van der Waals surface area contributed by atoms with Gasteiger partial charge < -0.3 is 10.1 Å². The molecule has 1 aliphatic rings. The highest BCUT2D eigenvalue weighted by molar-refractivity contribution is 9.10. The highest BCUT2D eigenvalue weighted by atomic mass is 79.9. The molecule has 1 N–H and O–H groups in total. The number of rotatable bonds is 6. The third-order valence-corrected chi connectivity index (χ3v) is 4.78. The molecule has 0 unspecified atom stereocenters. The van der Waals surface area contributed by atoms with Crippen molar-refractivity contribution in [2.24, 2.45) is 0 Å². The number of nitrogens with one attached hydrogen (secondary N) is 1. The first kappa shape index (κ1) is 18.5. The van der Waals surface area contributed by atoms with Gasteiger partial charge in [-0.05, 0) is 43.5 Å². The van der Waals surface area contributed by atoms with Gasteiger partial charge in [0.15, 0.2) is 6.61 Å². The zero-order valence-corrected chi connectivity index (χ0v) is 16.2. The lowest BCUT2D eigenvalue weighted by atomic mass is 10.1. The van der Waals surface area contributed by atoms with Crippen molar-refractivity contribution in [2.75, 3.05) is 18.1 Å². The fraction of sp³-hybridized carbons (Fsp3) is 0.300. The number of halogens is 1. The van der Waals surface area contributed by atoms with Gasteiger partial charge in [-0.25, -0.2) is 0 Å². The number of carbonyl (C=O) groups is 2. The van der Waals surface area contributed by atoms with Crippen molar-refractivity contribution in [2.45, 2.75) is 25.8 Å². The number of carbonyl (C=O) groups excluding carboxylic acids is 2. The molecular weight excluding hydrogens is 396 g/mol. The van der Waals surface area contributed by atoms with E-state index in [2.05, 4.69) is 33.4 Å². The molecule has 6 heteroatoms. The monoisotopic (exact) mass is 416 g/mol. The van der Waals surface area contributed by atoms with Gasteiger partial charge in [-0.2, -0.15) is 0 Å².